The Bertz CT molecular complexity index is 672. The fourth-order valence-electron chi connectivity index (χ4n) is 5.44. The first-order valence-corrected chi connectivity index (χ1v) is 9.86. The summed E-state index contributed by atoms with van der Waals surface area (Å²) in [5, 5.41) is 11.8. The van der Waals surface area contributed by atoms with E-state index in [1.54, 1.807) is 6.33 Å². The van der Waals surface area contributed by atoms with Gasteiger partial charge >= 0.3 is 0 Å². The van der Waals surface area contributed by atoms with Crippen LogP contribution in [0.5, 0.6) is 0 Å². The number of aromatic nitrogens is 3. The molecule has 2 aliphatic carbocycles. The van der Waals surface area contributed by atoms with Gasteiger partial charge in [0.2, 0.25) is 0 Å². The van der Waals surface area contributed by atoms with Crippen molar-refractivity contribution in [2.24, 2.45) is 16.3 Å². The second-order valence-electron chi connectivity index (χ2n) is 8.01. The minimum Gasteiger partial charge on any atom is -0.377 e. The zero-order chi connectivity index (χ0) is 16.9. The Morgan fingerprint density at radius 3 is 3.04 bits per heavy atom. The van der Waals surface area contributed by atoms with Gasteiger partial charge in [-0.3, -0.25) is 4.99 Å². The largest absolute Gasteiger partial charge is 0.377 e. The average molecular weight is 472 g/mol. The van der Waals surface area contributed by atoms with Crippen molar-refractivity contribution in [3.8, 4) is 0 Å². The van der Waals surface area contributed by atoms with E-state index in [1.165, 1.54) is 25.7 Å². The molecule has 0 amide bonds. The molecule has 26 heavy (non-hydrogen) atoms. The number of aryl methyl sites for hydroxylation is 1. The minimum absolute atomic E-state index is 0. The predicted octanol–water partition coefficient (Wildman–Crippen LogP) is 1.72. The fourth-order valence-corrected chi connectivity index (χ4v) is 5.44. The van der Waals surface area contributed by atoms with E-state index >= 15 is 0 Å². The van der Waals surface area contributed by atoms with Crippen molar-refractivity contribution in [1.29, 1.82) is 0 Å². The summed E-state index contributed by atoms with van der Waals surface area (Å²) >= 11 is 0. The monoisotopic (exact) mass is 472 g/mol. The number of aliphatic imine (C=N–C) groups is 1. The number of hydrogen-bond acceptors (Lipinski definition) is 4. The maximum absolute atomic E-state index is 6.04. The zero-order valence-corrected chi connectivity index (χ0v) is 17.7. The van der Waals surface area contributed by atoms with E-state index in [2.05, 4.69) is 27.6 Å². The van der Waals surface area contributed by atoms with E-state index in [0.717, 1.165) is 44.3 Å². The molecule has 0 bridgehead atoms. The third kappa shape index (κ3) is 2.83. The van der Waals surface area contributed by atoms with Crippen LogP contribution in [0.4, 0.5) is 0 Å². The molecule has 2 N–H and O–H groups in total. The Kier molecular flexibility index (Phi) is 5.15. The third-order valence-electron chi connectivity index (χ3n) is 6.79. The molecule has 1 saturated heterocycles. The molecule has 0 aromatic carbocycles. The quantitative estimate of drug-likeness (QED) is 0.398. The maximum atomic E-state index is 6.04. The molecule has 1 aromatic rings. The van der Waals surface area contributed by atoms with Crippen molar-refractivity contribution in [2.75, 3.05) is 13.2 Å². The summed E-state index contributed by atoms with van der Waals surface area (Å²) in [7, 11) is 0. The van der Waals surface area contributed by atoms with E-state index in [9.17, 15) is 0 Å². The van der Waals surface area contributed by atoms with Crippen molar-refractivity contribution >= 4 is 29.9 Å². The number of hydrogen-bond donors (Lipinski definition) is 2. The van der Waals surface area contributed by atoms with Crippen LogP contribution in [0.2, 0.25) is 0 Å². The molecule has 0 radical (unpaired) electrons. The molecule has 4 atom stereocenters. The van der Waals surface area contributed by atoms with Gasteiger partial charge in [0, 0.05) is 43.0 Å². The number of halogens is 1. The summed E-state index contributed by atoms with van der Waals surface area (Å²) in [6.07, 6.45) is 9.34. The summed E-state index contributed by atoms with van der Waals surface area (Å²) in [6.45, 7) is 4.69. The molecule has 5 rings (SSSR count). The van der Waals surface area contributed by atoms with Crippen molar-refractivity contribution in [2.45, 2.75) is 70.2 Å². The number of rotatable bonds is 3. The van der Waals surface area contributed by atoms with Gasteiger partial charge in [-0.1, -0.05) is 6.42 Å². The third-order valence-corrected chi connectivity index (χ3v) is 6.79. The van der Waals surface area contributed by atoms with Crippen LogP contribution in [0.1, 0.15) is 44.9 Å². The van der Waals surface area contributed by atoms with E-state index in [4.69, 9.17) is 9.73 Å². The summed E-state index contributed by atoms with van der Waals surface area (Å²) < 4.78 is 8.06. The Labute approximate surface area is 171 Å². The smallest absolute Gasteiger partial charge is 0.191 e. The summed E-state index contributed by atoms with van der Waals surface area (Å²) in [6, 6.07) is 0.886. The normalized spacial score (nSPS) is 34.1. The molecule has 4 aliphatic rings. The Balaban J connectivity index is 0.00000168. The SMILES string of the molecule is CCN=C(NC1CCc2ncnn2C1)NC1C2CCOC2C12CCC2.I. The first kappa shape index (κ1) is 18.5. The lowest BCUT2D eigenvalue weighted by Crippen LogP contribution is -2.72. The number of nitrogens with one attached hydrogen (secondary N) is 2. The molecule has 1 aromatic heterocycles. The molecule has 4 unspecified atom stereocenters. The molecule has 144 valence electrons. The number of fused-ring (bicyclic) bond motifs is 3. The van der Waals surface area contributed by atoms with Gasteiger partial charge in [-0.25, -0.2) is 9.67 Å². The van der Waals surface area contributed by atoms with Crippen LogP contribution in [0.15, 0.2) is 11.3 Å². The number of guanidine groups is 1. The standard InChI is InChI=1S/C18H28N6O.HI/c1-2-19-17(22-12-4-5-14-20-11-21-24(14)10-12)23-15-13-6-9-25-16(13)18(15)7-3-8-18;/h11-13,15-16H,2-10H2,1H3,(H2,19,22,23);1H. The van der Waals surface area contributed by atoms with Gasteiger partial charge in [-0.2, -0.15) is 5.10 Å². The highest BCUT2D eigenvalue weighted by Gasteiger charge is 2.66. The first-order chi connectivity index (χ1) is 12.3. The van der Waals surface area contributed by atoms with E-state index in [-0.39, 0.29) is 24.0 Å². The van der Waals surface area contributed by atoms with Crippen LogP contribution in [0, 0.1) is 11.3 Å². The summed E-state index contributed by atoms with van der Waals surface area (Å²) in [5.41, 5.74) is 0.378. The Morgan fingerprint density at radius 1 is 1.38 bits per heavy atom. The molecule has 7 nitrogen and oxygen atoms in total. The van der Waals surface area contributed by atoms with Crippen LogP contribution >= 0.6 is 24.0 Å². The van der Waals surface area contributed by atoms with Crippen LogP contribution in [-0.4, -0.2) is 52.1 Å². The lowest BCUT2D eigenvalue weighted by Gasteiger charge is -2.63. The van der Waals surface area contributed by atoms with Gasteiger partial charge in [-0.15, -0.1) is 24.0 Å². The van der Waals surface area contributed by atoms with Crippen LogP contribution < -0.4 is 10.6 Å². The van der Waals surface area contributed by atoms with Gasteiger partial charge < -0.3 is 15.4 Å². The maximum Gasteiger partial charge on any atom is 0.191 e. The van der Waals surface area contributed by atoms with Crippen LogP contribution in [0.25, 0.3) is 0 Å². The Hall–Kier alpha value is -0.900. The molecular weight excluding hydrogens is 443 g/mol. The highest BCUT2D eigenvalue weighted by molar-refractivity contribution is 14.0. The highest BCUT2D eigenvalue weighted by Crippen LogP contribution is 2.62. The Morgan fingerprint density at radius 2 is 2.27 bits per heavy atom. The van der Waals surface area contributed by atoms with Crippen LogP contribution in [0.3, 0.4) is 0 Å². The lowest BCUT2D eigenvalue weighted by molar-refractivity contribution is -0.171. The highest BCUT2D eigenvalue weighted by atomic mass is 127. The van der Waals surface area contributed by atoms with Gasteiger partial charge in [0.15, 0.2) is 5.96 Å². The van der Waals surface area contributed by atoms with E-state index < -0.39 is 0 Å². The summed E-state index contributed by atoms with van der Waals surface area (Å²) in [5.74, 6) is 2.73. The molecular formula is C18H29IN6O. The first-order valence-electron chi connectivity index (χ1n) is 9.86. The van der Waals surface area contributed by atoms with Crippen LogP contribution in [-0.2, 0) is 17.7 Å². The van der Waals surface area contributed by atoms with Gasteiger partial charge in [0.25, 0.3) is 0 Å². The van der Waals surface area contributed by atoms with E-state index in [0.29, 0.717) is 29.5 Å². The average Bonchev–Trinajstić information content (AvgIpc) is 3.18. The van der Waals surface area contributed by atoms with Crippen molar-refractivity contribution in [3.05, 3.63) is 12.2 Å². The second-order valence-corrected chi connectivity index (χ2v) is 8.01. The predicted molar refractivity (Wildman–Crippen MR) is 110 cm³/mol. The number of nitrogens with zero attached hydrogens (tertiary/aromatic N) is 4. The lowest BCUT2D eigenvalue weighted by atomic mass is 9.46. The molecule has 1 spiro atoms. The molecule has 8 heteroatoms. The van der Waals surface area contributed by atoms with Crippen molar-refractivity contribution < 1.29 is 4.74 Å². The fraction of sp³-hybridized carbons (Fsp3) is 0.833. The number of ether oxygens (including phenoxy) is 1. The van der Waals surface area contributed by atoms with Gasteiger partial charge in [0.1, 0.15) is 12.2 Å². The van der Waals surface area contributed by atoms with Gasteiger partial charge in [-0.05, 0) is 32.6 Å². The topological polar surface area (TPSA) is 76.4 Å². The summed E-state index contributed by atoms with van der Waals surface area (Å²) in [4.78, 5) is 9.05. The van der Waals surface area contributed by atoms with E-state index in [1.807, 2.05) is 4.68 Å². The van der Waals surface area contributed by atoms with Crippen molar-refractivity contribution in [3.63, 3.8) is 0 Å². The molecule has 2 aliphatic heterocycles. The molecule has 3 fully saturated rings. The minimum atomic E-state index is 0. The van der Waals surface area contributed by atoms with Gasteiger partial charge in [0.05, 0.1) is 12.6 Å². The van der Waals surface area contributed by atoms with Crippen molar-refractivity contribution in [1.82, 2.24) is 25.4 Å². The second kappa shape index (κ2) is 7.26. The molecule has 3 heterocycles. The molecule has 2 saturated carbocycles. The zero-order valence-electron chi connectivity index (χ0n) is 15.4.